The molecule has 0 heterocycles. The second-order valence-corrected chi connectivity index (χ2v) is 3.01. The van der Waals surface area contributed by atoms with E-state index in [1.54, 1.807) is 0 Å². The van der Waals surface area contributed by atoms with Crippen LogP contribution >= 0.6 is 0 Å². The van der Waals surface area contributed by atoms with Gasteiger partial charge in [0.05, 0.1) is 0 Å². The second-order valence-electron chi connectivity index (χ2n) is 3.01. The third kappa shape index (κ3) is 0.827. The fraction of sp³-hybridized carbons (Fsp3) is 0.571. The minimum absolute atomic E-state index is 0.116. The molecular formula is C7H12N2O. The molecule has 56 valence electrons. The molecule has 1 aliphatic rings. The van der Waals surface area contributed by atoms with Crippen molar-refractivity contribution < 1.29 is 4.79 Å². The number of hydrogen-bond acceptors (Lipinski definition) is 2. The van der Waals surface area contributed by atoms with E-state index in [2.05, 4.69) is 6.58 Å². The third-order valence-corrected chi connectivity index (χ3v) is 2.06. The van der Waals surface area contributed by atoms with Crippen LogP contribution in [0.15, 0.2) is 12.2 Å². The Labute approximate surface area is 60.1 Å². The molecule has 1 fully saturated rings. The molecule has 0 bridgehead atoms. The summed E-state index contributed by atoms with van der Waals surface area (Å²) in [5.41, 5.74) is 10.8. The van der Waals surface area contributed by atoms with Crippen LogP contribution in [0.4, 0.5) is 0 Å². The van der Waals surface area contributed by atoms with Crippen LogP contribution in [0.3, 0.4) is 0 Å². The molecule has 4 N–H and O–H groups in total. The largest absolute Gasteiger partial charge is 0.368 e. The van der Waals surface area contributed by atoms with Crippen molar-refractivity contribution in [3.8, 4) is 0 Å². The average Bonchev–Trinajstić information content (AvgIpc) is 2.43. The first kappa shape index (κ1) is 7.28. The Kier molecular flexibility index (Phi) is 1.33. The topological polar surface area (TPSA) is 69.1 Å². The monoisotopic (exact) mass is 140 g/mol. The number of hydrogen-bond donors (Lipinski definition) is 2. The zero-order valence-corrected chi connectivity index (χ0v) is 6.05. The maximum atomic E-state index is 10.7. The smallest absolute Gasteiger partial charge is 0.238 e. The minimum Gasteiger partial charge on any atom is -0.368 e. The SMILES string of the molecule is C=C(C)[C@@H]1C[C@]1(N)C(N)=O. The summed E-state index contributed by atoms with van der Waals surface area (Å²) in [4.78, 5) is 10.7. The lowest BCUT2D eigenvalue weighted by Crippen LogP contribution is -2.41. The fourth-order valence-corrected chi connectivity index (χ4v) is 1.17. The molecule has 0 aromatic carbocycles. The summed E-state index contributed by atoms with van der Waals surface area (Å²) in [5, 5.41) is 0. The zero-order chi connectivity index (χ0) is 7.94. The van der Waals surface area contributed by atoms with Crippen LogP contribution in [-0.2, 0) is 4.79 Å². The van der Waals surface area contributed by atoms with Gasteiger partial charge >= 0.3 is 0 Å². The quantitative estimate of drug-likeness (QED) is 0.520. The number of carbonyl (C=O) groups excluding carboxylic acids is 1. The van der Waals surface area contributed by atoms with Gasteiger partial charge in [-0.05, 0) is 13.3 Å². The summed E-state index contributed by atoms with van der Waals surface area (Å²) < 4.78 is 0. The van der Waals surface area contributed by atoms with Gasteiger partial charge < -0.3 is 11.5 Å². The van der Waals surface area contributed by atoms with E-state index in [9.17, 15) is 4.79 Å². The molecule has 3 nitrogen and oxygen atoms in total. The highest BCUT2D eigenvalue weighted by molar-refractivity contribution is 5.89. The van der Waals surface area contributed by atoms with Crippen molar-refractivity contribution in [2.24, 2.45) is 17.4 Å². The fourth-order valence-electron chi connectivity index (χ4n) is 1.17. The Hall–Kier alpha value is -0.830. The molecule has 0 radical (unpaired) electrons. The van der Waals surface area contributed by atoms with Gasteiger partial charge in [-0.1, -0.05) is 12.2 Å². The van der Waals surface area contributed by atoms with Gasteiger partial charge in [0.1, 0.15) is 5.54 Å². The summed E-state index contributed by atoms with van der Waals surface area (Å²) in [6.07, 6.45) is 0.664. The highest BCUT2D eigenvalue weighted by atomic mass is 16.1. The molecular weight excluding hydrogens is 128 g/mol. The molecule has 1 rings (SSSR count). The molecule has 1 saturated carbocycles. The van der Waals surface area contributed by atoms with Crippen LogP contribution in [0.25, 0.3) is 0 Å². The lowest BCUT2D eigenvalue weighted by Gasteiger charge is -2.04. The van der Waals surface area contributed by atoms with Crippen molar-refractivity contribution in [2.45, 2.75) is 18.9 Å². The molecule has 2 atom stereocenters. The van der Waals surface area contributed by atoms with Crippen LogP contribution in [0.5, 0.6) is 0 Å². The molecule has 3 heteroatoms. The van der Waals surface area contributed by atoms with Crippen LogP contribution in [0.2, 0.25) is 0 Å². The third-order valence-electron chi connectivity index (χ3n) is 2.06. The maximum Gasteiger partial charge on any atom is 0.238 e. The Morgan fingerprint density at radius 1 is 1.80 bits per heavy atom. The molecule has 0 unspecified atom stereocenters. The van der Waals surface area contributed by atoms with E-state index < -0.39 is 11.4 Å². The Morgan fingerprint density at radius 2 is 2.30 bits per heavy atom. The van der Waals surface area contributed by atoms with Gasteiger partial charge in [0.15, 0.2) is 0 Å². The van der Waals surface area contributed by atoms with E-state index >= 15 is 0 Å². The summed E-state index contributed by atoms with van der Waals surface area (Å²) >= 11 is 0. The van der Waals surface area contributed by atoms with Gasteiger partial charge in [0.2, 0.25) is 5.91 Å². The standard InChI is InChI=1S/C7H12N2O/c1-4(2)5-3-7(5,9)6(8)10/h5H,1,3,9H2,2H3,(H2,8,10)/t5-,7+/m0/s1. The normalized spacial score (nSPS) is 37.2. The molecule has 10 heavy (non-hydrogen) atoms. The van der Waals surface area contributed by atoms with E-state index in [1.807, 2.05) is 6.92 Å². The molecule has 0 aromatic rings. The van der Waals surface area contributed by atoms with Crippen molar-refractivity contribution in [1.82, 2.24) is 0 Å². The van der Waals surface area contributed by atoms with Gasteiger partial charge in [-0.25, -0.2) is 0 Å². The van der Waals surface area contributed by atoms with Crippen LogP contribution in [0, 0.1) is 5.92 Å². The van der Waals surface area contributed by atoms with Gasteiger partial charge in [-0.15, -0.1) is 0 Å². The first-order valence-corrected chi connectivity index (χ1v) is 3.22. The zero-order valence-electron chi connectivity index (χ0n) is 6.05. The highest BCUT2D eigenvalue weighted by Gasteiger charge is 2.56. The lowest BCUT2D eigenvalue weighted by atomic mass is 10.1. The number of amides is 1. The van der Waals surface area contributed by atoms with Crippen molar-refractivity contribution in [2.75, 3.05) is 0 Å². The highest BCUT2D eigenvalue weighted by Crippen LogP contribution is 2.45. The summed E-state index contributed by atoms with van der Waals surface area (Å²) in [5.74, 6) is -0.300. The van der Waals surface area contributed by atoms with Crippen molar-refractivity contribution >= 4 is 5.91 Å². The second kappa shape index (κ2) is 1.83. The number of primary amides is 1. The predicted octanol–water partition coefficient (Wildman–Crippen LogP) is -0.235. The Bertz CT molecular complexity index is 200. The number of nitrogens with two attached hydrogens (primary N) is 2. The molecule has 0 spiro atoms. The van der Waals surface area contributed by atoms with Crippen molar-refractivity contribution in [1.29, 1.82) is 0 Å². The molecule has 0 aliphatic heterocycles. The van der Waals surface area contributed by atoms with Gasteiger partial charge in [0.25, 0.3) is 0 Å². The van der Waals surface area contributed by atoms with E-state index in [1.165, 1.54) is 0 Å². The first-order chi connectivity index (χ1) is 4.48. The van der Waals surface area contributed by atoms with E-state index in [0.29, 0.717) is 6.42 Å². The van der Waals surface area contributed by atoms with Gasteiger partial charge in [0, 0.05) is 5.92 Å². The molecule has 0 saturated heterocycles. The average molecular weight is 140 g/mol. The van der Waals surface area contributed by atoms with Crippen LogP contribution in [-0.4, -0.2) is 11.4 Å². The Morgan fingerprint density at radius 3 is 2.40 bits per heavy atom. The van der Waals surface area contributed by atoms with Crippen molar-refractivity contribution in [3.05, 3.63) is 12.2 Å². The van der Waals surface area contributed by atoms with Crippen molar-refractivity contribution in [3.63, 3.8) is 0 Å². The number of rotatable bonds is 2. The molecule has 0 aromatic heterocycles. The van der Waals surface area contributed by atoms with E-state index in [4.69, 9.17) is 11.5 Å². The Balaban J connectivity index is 2.65. The lowest BCUT2D eigenvalue weighted by molar-refractivity contribution is -0.120. The molecule has 1 amide bonds. The summed E-state index contributed by atoms with van der Waals surface area (Å²) in [6, 6.07) is 0. The van der Waals surface area contributed by atoms with Crippen LogP contribution in [0.1, 0.15) is 13.3 Å². The van der Waals surface area contributed by atoms with Gasteiger partial charge in [-0.3, -0.25) is 4.79 Å². The maximum absolute atomic E-state index is 10.7. The number of carbonyl (C=O) groups is 1. The first-order valence-electron chi connectivity index (χ1n) is 3.22. The summed E-state index contributed by atoms with van der Waals surface area (Å²) in [6.45, 7) is 5.57. The van der Waals surface area contributed by atoms with E-state index in [-0.39, 0.29) is 5.92 Å². The summed E-state index contributed by atoms with van der Waals surface area (Å²) in [7, 11) is 0. The predicted molar refractivity (Wildman–Crippen MR) is 39.0 cm³/mol. The minimum atomic E-state index is -0.772. The van der Waals surface area contributed by atoms with Gasteiger partial charge in [-0.2, -0.15) is 0 Å². The van der Waals surface area contributed by atoms with E-state index in [0.717, 1.165) is 5.57 Å². The molecule has 1 aliphatic carbocycles. The van der Waals surface area contributed by atoms with Crippen LogP contribution < -0.4 is 11.5 Å².